The molecule has 1 aromatic rings. The summed E-state index contributed by atoms with van der Waals surface area (Å²) < 4.78 is 10.7. The number of hydrogen-bond donors (Lipinski definition) is 1. The summed E-state index contributed by atoms with van der Waals surface area (Å²) in [5.74, 6) is -1.20. The van der Waals surface area contributed by atoms with Crippen molar-refractivity contribution in [2.24, 2.45) is 0 Å². The molecule has 6 heteroatoms. The molecule has 0 aliphatic carbocycles. The quantitative estimate of drug-likeness (QED) is 0.883. The fraction of sp³-hybridized carbons (Fsp3) is 0.467. The van der Waals surface area contributed by atoms with E-state index in [1.165, 1.54) is 4.90 Å². The molecule has 0 aromatic heterocycles. The van der Waals surface area contributed by atoms with E-state index in [1.807, 2.05) is 25.1 Å². The number of ether oxygens (including phenoxy) is 2. The first-order valence-corrected chi connectivity index (χ1v) is 6.87. The van der Waals surface area contributed by atoms with Gasteiger partial charge in [-0.2, -0.15) is 0 Å². The highest BCUT2D eigenvalue weighted by atomic mass is 16.6. The Hall–Kier alpha value is -1.92. The SMILES string of the molecule is Cc1ccccc1N(CCC(=O)O)C(=O)C1COCCO1. The van der Waals surface area contributed by atoms with Crippen LogP contribution in [0.3, 0.4) is 0 Å². The van der Waals surface area contributed by atoms with E-state index < -0.39 is 12.1 Å². The highest BCUT2D eigenvalue weighted by Gasteiger charge is 2.29. The molecule has 1 aromatic carbocycles. The monoisotopic (exact) mass is 293 g/mol. The van der Waals surface area contributed by atoms with Crippen LogP contribution in [0.2, 0.25) is 0 Å². The number of hydrogen-bond acceptors (Lipinski definition) is 4. The second kappa shape index (κ2) is 7.19. The van der Waals surface area contributed by atoms with E-state index in [4.69, 9.17) is 14.6 Å². The van der Waals surface area contributed by atoms with Gasteiger partial charge in [0.05, 0.1) is 26.2 Å². The van der Waals surface area contributed by atoms with Gasteiger partial charge in [0.25, 0.3) is 5.91 Å². The summed E-state index contributed by atoms with van der Waals surface area (Å²) >= 11 is 0. The molecule has 0 radical (unpaired) electrons. The van der Waals surface area contributed by atoms with Gasteiger partial charge in [-0.25, -0.2) is 0 Å². The molecule has 0 bridgehead atoms. The Kier molecular flexibility index (Phi) is 5.30. The van der Waals surface area contributed by atoms with Crippen LogP contribution in [0.15, 0.2) is 24.3 Å². The maximum atomic E-state index is 12.6. The van der Waals surface area contributed by atoms with Gasteiger partial charge in [0.15, 0.2) is 6.10 Å². The molecule has 1 fully saturated rings. The Morgan fingerprint density at radius 2 is 2.10 bits per heavy atom. The molecule has 2 rings (SSSR count). The fourth-order valence-electron chi connectivity index (χ4n) is 2.23. The van der Waals surface area contributed by atoms with E-state index in [2.05, 4.69) is 0 Å². The Morgan fingerprint density at radius 3 is 2.71 bits per heavy atom. The van der Waals surface area contributed by atoms with Crippen LogP contribution in [0.25, 0.3) is 0 Å². The third kappa shape index (κ3) is 4.03. The molecule has 6 nitrogen and oxygen atoms in total. The summed E-state index contributed by atoms with van der Waals surface area (Å²) in [6, 6.07) is 7.38. The lowest BCUT2D eigenvalue weighted by Crippen LogP contribution is -2.46. The van der Waals surface area contributed by atoms with Crippen molar-refractivity contribution < 1.29 is 24.2 Å². The minimum Gasteiger partial charge on any atom is -0.481 e. The number of para-hydroxylation sites is 1. The molecule has 114 valence electrons. The summed E-state index contributed by atoms with van der Waals surface area (Å²) in [4.78, 5) is 24.9. The molecule has 1 N–H and O–H groups in total. The van der Waals surface area contributed by atoms with Gasteiger partial charge >= 0.3 is 5.97 Å². The van der Waals surface area contributed by atoms with Gasteiger partial charge in [-0.05, 0) is 18.6 Å². The first-order valence-electron chi connectivity index (χ1n) is 6.87. The molecule has 0 spiro atoms. The largest absolute Gasteiger partial charge is 0.481 e. The zero-order valence-electron chi connectivity index (χ0n) is 11.9. The fourth-order valence-corrected chi connectivity index (χ4v) is 2.23. The number of carboxylic acid groups (broad SMARTS) is 1. The van der Waals surface area contributed by atoms with Crippen molar-refractivity contribution in [1.82, 2.24) is 0 Å². The minimum atomic E-state index is -0.942. The number of amides is 1. The highest BCUT2D eigenvalue weighted by molar-refractivity contribution is 5.97. The summed E-state index contributed by atoms with van der Waals surface area (Å²) in [5, 5.41) is 8.88. The topological polar surface area (TPSA) is 76.1 Å². The van der Waals surface area contributed by atoms with Gasteiger partial charge < -0.3 is 19.5 Å². The number of carboxylic acids is 1. The lowest BCUT2D eigenvalue weighted by molar-refractivity contribution is -0.145. The van der Waals surface area contributed by atoms with Crippen molar-refractivity contribution in [3.8, 4) is 0 Å². The van der Waals surface area contributed by atoms with Gasteiger partial charge in [0.1, 0.15) is 0 Å². The van der Waals surface area contributed by atoms with Crippen molar-refractivity contribution in [1.29, 1.82) is 0 Å². The first kappa shape index (κ1) is 15.5. The minimum absolute atomic E-state index is 0.110. The smallest absolute Gasteiger partial charge is 0.305 e. The number of carbonyl (C=O) groups excluding carboxylic acids is 1. The van der Waals surface area contributed by atoms with Crippen LogP contribution in [0.1, 0.15) is 12.0 Å². The van der Waals surface area contributed by atoms with Crippen LogP contribution in [-0.4, -0.2) is 49.5 Å². The van der Waals surface area contributed by atoms with Crippen LogP contribution in [-0.2, 0) is 19.1 Å². The second-order valence-corrected chi connectivity index (χ2v) is 4.85. The van der Waals surface area contributed by atoms with Gasteiger partial charge in [0.2, 0.25) is 0 Å². The van der Waals surface area contributed by atoms with Crippen molar-refractivity contribution in [2.45, 2.75) is 19.4 Å². The van der Waals surface area contributed by atoms with Gasteiger partial charge in [-0.3, -0.25) is 9.59 Å². The van der Waals surface area contributed by atoms with Crippen molar-refractivity contribution in [2.75, 3.05) is 31.3 Å². The maximum absolute atomic E-state index is 12.6. The van der Waals surface area contributed by atoms with Gasteiger partial charge in [-0.15, -0.1) is 0 Å². The number of benzene rings is 1. The summed E-state index contributed by atoms with van der Waals surface area (Å²) in [6.07, 6.45) is -0.791. The van der Waals surface area contributed by atoms with Crippen LogP contribution in [0.5, 0.6) is 0 Å². The summed E-state index contributed by atoms with van der Waals surface area (Å²) in [7, 11) is 0. The normalized spacial score (nSPS) is 18.2. The second-order valence-electron chi connectivity index (χ2n) is 4.85. The highest BCUT2D eigenvalue weighted by Crippen LogP contribution is 2.21. The molecule has 1 heterocycles. The Morgan fingerprint density at radius 1 is 1.33 bits per heavy atom. The van der Waals surface area contributed by atoms with E-state index in [-0.39, 0.29) is 25.5 Å². The Balaban J connectivity index is 2.20. The van der Waals surface area contributed by atoms with Gasteiger partial charge in [-0.1, -0.05) is 18.2 Å². The number of rotatable bonds is 5. The molecule has 21 heavy (non-hydrogen) atoms. The molecule has 1 atom stereocenters. The van der Waals surface area contributed by atoms with Crippen LogP contribution >= 0.6 is 0 Å². The zero-order chi connectivity index (χ0) is 15.2. The predicted molar refractivity (Wildman–Crippen MR) is 76.3 cm³/mol. The molecule has 1 amide bonds. The van der Waals surface area contributed by atoms with E-state index in [9.17, 15) is 9.59 Å². The van der Waals surface area contributed by atoms with E-state index in [0.717, 1.165) is 5.56 Å². The Bertz CT molecular complexity index is 511. The van der Waals surface area contributed by atoms with Gasteiger partial charge in [0, 0.05) is 12.2 Å². The van der Waals surface area contributed by atoms with Crippen molar-refractivity contribution in [3.05, 3.63) is 29.8 Å². The average molecular weight is 293 g/mol. The third-order valence-corrected chi connectivity index (χ3v) is 3.31. The molecular weight excluding hydrogens is 274 g/mol. The van der Waals surface area contributed by atoms with Crippen molar-refractivity contribution >= 4 is 17.6 Å². The number of anilines is 1. The third-order valence-electron chi connectivity index (χ3n) is 3.31. The zero-order valence-corrected chi connectivity index (χ0v) is 11.9. The van der Waals surface area contributed by atoms with E-state index in [1.54, 1.807) is 6.07 Å². The molecular formula is C15H19NO5. The standard InChI is InChI=1S/C15H19NO5/c1-11-4-2-3-5-12(11)16(7-6-14(17)18)15(19)13-10-20-8-9-21-13/h2-5,13H,6-10H2,1H3,(H,17,18). The maximum Gasteiger partial charge on any atom is 0.305 e. The number of aryl methyl sites for hydroxylation is 1. The molecule has 0 saturated carbocycles. The van der Waals surface area contributed by atoms with E-state index in [0.29, 0.717) is 18.9 Å². The number of carbonyl (C=O) groups is 2. The number of aliphatic carboxylic acids is 1. The average Bonchev–Trinajstić information content (AvgIpc) is 2.49. The number of nitrogens with zero attached hydrogens (tertiary/aromatic N) is 1. The first-order chi connectivity index (χ1) is 10.1. The van der Waals surface area contributed by atoms with Crippen molar-refractivity contribution in [3.63, 3.8) is 0 Å². The molecule has 1 saturated heterocycles. The van der Waals surface area contributed by atoms with Crippen LogP contribution in [0, 0.1) is 6.92 Å². The van der Waals surface area contributed by atoms with E-state index >= 15 is 0 Å². The predicted octanol–water partition coefficient (Wildman–Crippen LogP) is 1.22. The lowest BCUT2D eigenvalue weighted by Gasteiger charge is -2.30. The Labute approximate surface area is 123 Å². The molecule has 1 aliphatic rings. The molecule has 1 aliphatic heterocycles. The van der Waals surface area contributed by atoms with Crippen LogP contribution in [0.4, 0.5) is 5.69 Å². The lowest BCUT2D eigenvalue weighted by atomic mass is 10.1. The molecule has 1 unspecified atom stereocenters. The summed E-state index contributed by atoms with van der Waals surface area (Å²) in [6.45, 7) is 3.04. The summed E-state index contributed by atoms with van der Waals surface area (Å²) in [5.41, 5.74) is 1.62. The van der Waals surface area contributed by atoms with Crippen LogP contribution < -0.4 is 4.90 Å².